The number of carbonyl (C=O) groups excluding carboxylic acids is 2. The lowest BCUT2D eigenvalue weighted by Gasteiger charge is -2.31. The molecule has 3 atom stereocenters. The number of carbonyl (C=O) groups is 2. The zero-order chi connectivity index (χ0) is 23.6. The molecule has 1 saturated carbocycles. The molecule has 1 aliphatic rings. The van der Waals surface area contributed by atoms with Crippen molar-refractivity contribution in [3.63, 3.8) is 0 Å². The lowest BCUT2D eigenvalue weighted by molar-refractivity contribution is -0.128. The molecule has 0 bridgehead atoms. The molecule has 0 saturated heterocycles. The number of hydrogen-bond acceptors (Lipinski definition) is 5. The molecule has 1 aliphatic carbocycles. The number of methoxy groups -OCH3 is 2. The van der Waals surface area contributed by atoms with Crippen molar-refractivity contribution in [2.45, 2.75) is 37.8 Å². The van der Waals surface area contributed by atoms with E-state index in [0.717, 1.165) is 24.8 Å². The van der Waals surface area contributed by atoms with Crippen molar-refractivity contribution in [1.82, 2.24) is 10.6 Å². The van der Waals surface area contributed by atoms with E-state index in [1.54, 1.807) is 24.3 Å². The lowest BCUT2D eigenvalue weighted by Crippen LogP contribution is -2.48. The van der Waals surface area contributed by atoms with Gasteiger partial charge in [-0.15, -0.1) is 0 Å². The highest BCUT2D eigenvalue weighted by Gasteiger charge is 2.33. The topological polar surface area (TPSA) is 100 Å². The van der Waals surface area contributed by atoms with Gasteiger partial charge in [0, 0.05) is 12.1 Å². The third-order valence-corrected chi connectivity index (χ3v) is 5.81. The van der Waals surface area contributed by atoms with Gasteiger partial charge in [0.2, 0.25) is 11.8 Å². The van der Waals surface area contributed by atoms with E-state index in [-0.39, 0.29) is 17.9 Å². The fraction of sp³-hybridized carbons (Fsp3) is 0.346. The van der Waals surface area contributed by atoms with Crippen molar-refractivity contribution in [1.29, 1.82) is 5.26 Å². The van der Waals surface area contributed by atoms with E-state index in [2.05, 4.69) is 16.7 Å². The summed E-state index contributed by atoms with van der Waals surface area (Å²) in [7, 11) is 3.05. The van der Waals surface area contributed by atoms with E-state index in [1.165, 1.54) is 20.3 Å². The highest BCUT2D eigenvalue weighted by atomic mass is 16.5. The normalized spacial score (nSPS) is 18.7. The Balaban J connectivity index is 1.67. The van der Waals surface area contributed by atoms with Crippen LogP contribution in [0.4, 0.5) is 0 Å². The average molecular weight is 448 g/mol. The van der Waals surface area contributed by atoms with Gasteiger partial charge in [0.1, 0.15) is 6.04 Å². The molecule has 2 aromatic carbocycles. The maximum absolute atomic E-state index is 13.1. The fourth-order valence-electron chi connectivity index (χ4n) is 4.06. The maximum atomic E-state index is 13.1. The molecule has 33 heavy (non-hydrogen) atoms. The summed E-state index contributed by atoms with van der Waals surface area (Å²) in [5.41, 5.74) is 1.53. The van der Waals surface area contributed by atoms with Crippen LogP contribution in [0.3, 0.4) is 0 Å². The zero-order valence-electron chi connectivity index (χ0n) is 18.9. The number of nitrogens with zero attached hydrogens (tertiary/aromatic N) is 1. The quantitative estimate of drug-likeness (QED) is 0.600. The van der Waals surface area contributed by atoms with E-state index in [1.807, 2.05) is 30.3 Å². The number of nitriles is 1. The first-order valence-electron chi connectivity index (χ1n) is 11.0. The Kier molecular flexibility index (Phi) is 8.48. The van der Waals surface area contributed by atoms with Gasteiger partial charge in [0.05, 0.1) is 26.2 Å². The van der Waals surface area contributed by atoms with Crippen molar-refractivity contribution < 1.29 is 19.1 Å². The van der Waals surface area contributed by atoms with Crippen LogP contribution >= 0.6 is 0 Å². The Hall–Kier alpha value is -3.79. The van der Waals surface area contributed by atoms with Crippen LogP contribution in [0, 0.1) is 17.2 Å². The van der Waals surface area contributed by atoms with Gasteiger partial charge in [-0.2, -0.15) is 5.26 Å². The van der Waals surface area contributed by atoms with Crippen LogP contribution in [0.5, 0.6) is 11.5 Å². The van der Waals surface area contributed by atoms with E-state index in [9.17, 15) is 14.9 Å². The zero-order valence-corrected chi connectivity index (χ0v) is 18.9. The summed E-state index contributed by atoms with van der Waals surface area (Å²) in [5, 5.41) is 15.5. The van der Waals surface area contributed by atoms with Crippen LogP contribution in [-0.2, 0) is 9.59 Å². The SMILES string of the molecule is COc1ccc(C(C#N)NC(=O)[C@@H]2CCCC[C@@H]2NC(=O)/C=C/c2ccccc2)cc1OC. The van der Waals surface area contributed by atoms with E-state index in [4.69, 9.17) is 9.47 Å². The molecule has 2 amide bonds. The molecule has 0 heterocycles. The molecule has 3 rings (SSSR count). The van der Waals surface area contributed by atoms with Gasteiger partial charge >= 0.3 is 0 Å². The van der Waals surface area contributed by atoms with E-state index in [0.29, 0.717) is 23.5 Å². The van der Waals surface area contributed by atoms with Crippen molar-refractivity contribution >= 4 is 17.9 Å². The molecule has 2 aromatic rings. The molecular formula is C26H29N3O4. The molecule has 0 spiro atoms. The second-order valence-corrected chi connectivity index (χ2v) is 7.94. The summed E-state index contributed by atoms with van der Waals surface area (Å²) in [6, 6.07) is 15.7. The first-order valence-corrected chi connectivity index (χ1v) is 11.0. The highest BCUT2D eigenvalue weighted by Crippen LogP contribution is 2.31. The number of ether oxygens (including phenoxy) is 2. The van der Waals surface area contributed by atoms with Gasteiger partial charge in [-0.05, 0) is 42.2 Å². The van der Waals surface area contributed by atoms with Crippen LogP contribution in [0.25, 0.3) is 6.08 Å². The second-order valence-electron chi connectivity index (χ2n) is 7.94. The molecule has 172 valence electrons. The Bertz CT molecular complexity index is 1030. The third-order valence-electron chi connectivity index (χ3n) is 5.81. The summed E-state index contributed by atoms with van der Waals surface area (Å²) in [4.78, 5) is 25.6. The number of nitrogens with one attached hydrogen (secondary N) is 2. The van der Waals surface area contributed by atoms with E-state index >= 15 is 0 Å². The minimum Gasteiger partial charge on any atom is -0.493 e. The van der Waals surface area contributed by atoms with Gasteiger partial charge in [-0.1, -0.05) is 49.2 Å². The van der Waals surface area contributed by atoms with Gasteiger partial charge < -0.3 is 20.1 Å². The van der Waals surface area contributed by atoms with Crippen LogP contribution in [-0.4, -0.2) is 32.1 Å². The minimum absolute atomic E-state index is 0.236. The second kappa shape index (κ2) is 11.7. The Morgan fingerprint density at radius 2 is 1.79 bits per heavy atom. The van der Waals surface area contributed by atoms with Crippen molar-refractivity contribution in [2.24, 2.45) is 5.92 Å². The summed E-state index contributed by atoms with van der Waals surface area (Å²) in [5.74, 6) is 0.151. The minimum atomic E-state index is -0.839. The highest BCUT2D eigenvalue weighted by molar-refractivity contribution is 5.92. The molecule has 0 aromatic heterocycles. The standard InChI is InChI=1S/C26H29N3O4/c1-32-23-14-13-19(16-24(23)33-2)22(17-27)29-26(31)20-10-6-7-11-21(20)28-25(30)15-12-18-8-4-3-5-9-18/h3-5,8-9,12-16,20-22H,6-7,10-11H2,1-2H3,(H,28,30)(H,29,31)/b15-12+/t20-,21+,22?/m1/s1. The number of amides is 2. The largest absolute Gasteiger partial charge is 0.493 e. The summed E-state index contributed by atoms with van der Waals surface area (Å²) >= 11 is 0. The van der Waals surface area contributed by atoms with Crippen molar-refractivity contribution in [3.05, 3.63) is 65.7 Å². The van der Waals surface area contributed by atoms with Gasteiger partial charge in [-0.25, -0.2) is 0 Å². The first-order chi connectivity index (χ1) is 16.0. The van der Waals surface area contributed by atoms with Crippen LogP contribution in [0.15, 0.2) is 54.6 Å². The Labute approximate surface area is 194 Å². The summed E-state index contributed by atoms with van der Waals surface area (Å²) < 4.78 is 10.5. The predicted molar refractivity (Wildman–Crippen MR) is 125 cm³/mol. The monoisotopic (exact) mass is 447 g/mol. The number of hydrogen-bond donors (Lipinski definition) is 2. The predicted octanol–water partition coefficient (Wildman–Crippen LogP) is 3.77. The van der Waals surface area contributed by atoms with Crippen molar-refractivity contribution in [2.75, 3.05) is 14.2 Å². The van der Waals surface area contributed by atoms with Crippen LogP contribution in [0.2, 0.25) is 0 Å². The molecule has 2 N–H and O–H groups in total. The third kappa shape index (κ3) is 6.36. The van der Waals surface area contributed by atoms with Crippen LogP contribution < -0.4 is 20.1 Å². The number of benzene rings is 2. The van der Waals surface area contributed by atoms with Gasteiger partial charge in [0.15, 0.2) is 11.5 Å². The average Bonchev–Trinajstić information content (AvgIpc) is 2.86. The lowest BCUT2D eigenvalue weighted by atomic mass is 9.83. The Morgan fingerprint density at radius 3 is 2.48 bits per heavy atom. The molecule has 7 heteroatoms. The fourth-order valence-corrected chi connectivity index (χ4v) is 4.06. The molecule has 0 aliphatic heterocycles. The molecule has 1 unspecified atom stereocenters. The van der Waals surface area contributed by atoms with E-state index < -0.39 is 12.0 Å². The molecule has 0 radical (unpaired) electrons. The summed E-state index contributed by atoms with van der Waals surface area (Å²) in [6.45, 7) is 0. The molecular weight excluding hydrogens is 418 g/mol. The van der Waals surface area contributed by atoms with Crippen LogP contribution in [0.1, 0.15) is 42.9 Å². The summed E-state index contributed by atoms with van der Waals surface area (Å²) in [6.07, 6.45) is 6.45. The molecule has 7 nitrogen and oxygen atoms in total. The van der Waals surface area contributed by atoms with Crippen molar-refractivity contribution in [3.8, 4) is 17.6 Å². The van der Waals surface area contributed by atoms with Gasteiger partial charge in [0.25, 0.3) is 0 Å². The van der Waals surface area contributed by atoms with Gasteiger partial charge in [-0.3, -0.25) is 9.59 Å². The Morgan fingerprint density at radius 1 is 1.06 bits per heavy atom. The maximum Gasteiger partial charge on any atom is 0.244 e. The first kappa shape index (κ1) is 23.9. The smallest absolute Gasteiger partial charge is 0.244 e. The number of rotatable bonds is 8. The molecule has 1 fully saturated rings.